The van der Waals surface area contributed by atoms with Crippen molar-refractivity contribution >= 4 is 37.4 Å². The zero-order chi connectivity index (χ0) is 22.5. The highest BCUT2D eigenvalue weighted by Gasteiger charge is 2.31. The van der Waals surface area contributed by atoms with E-state index in [9.17, 15) is 12.8 Å². The number of aromatic nitrogens is 2. The monoisotopic (exact) mass is 474 g/mol. The summed E-state index contributed by atoms with van der Waals surface area (Å²) >= 11 is 1.80. The summed E-state index contributed by atoms with van der Waals surface area (Å²) in [5, 5.41) is 1.17. The molecule has 1 fully saturated rings. The van der Waals surface area contributed by atoms with Crippen LogP contribution in [0.2, 0.25) is 0 Å². The third-order valence-electron chi connectivity index (χ3n) is 6.49. The fourth-order valence-electron chi connectivity index (χ4n) is 4.65. The van der Waals surface area contributed by atoms with Gasteiger partial charge in [0, 0.05) is 37.5 Å². The van der Waals surface area contributed by atoms with Crippen molar-refractivity contribution < 1.29 is 12.8 Å². The average molecular weight is 475 g/mol. The highest BCUT2D eigenvalue weighted by atomic mass is 32.2. The second kappa shape index (κ2) is 8.35. The van der Waals surface area contributed by atoms with E-state index in [4.69, 9.17) is 9.97 Å². The van der Waals surface area contributed by atoms with E-state index in [0.29, 0.717) is 32.1 Å². The zero-order valence-corrected chi connectivity index (χ0v) is 20.0. The van der Waals surface area contributed by atoms with E-state index in [0.717, 1.165) is 35.7 Å². The predicted molar refractivity (Wildman–Crippen MR) is 125 cm³/mol. The Kier molecular flexibility index (Phi) is 5.67. The summed E-state index contributed by atoms with van der Waals surface area (Å²) in [6, 6.07) is 5.04. The molecular weight excluding hydrogens is 447 g/mol. The van der Waals surface area contributed by atoms with Gasteiger partial charge in [-0.1, -0.05) is 13.8 Å². The molecule has 0 bridgehead atoms. The zero-order valence-electron chi connectivity index (χ0n) is 18.3. The molecule has 0 unspecified atom stereocenters. The minimum absolute atomic E-state index is 0.131. The van der Waals surface area contributed by atoms with Crippen LogP contribution < -0.4 is 4.90 Å². The number of aryl methyl sites for hydroxylation is 2. The first-order valence-corrected chi connectivity index (χ1v) is 13.4. The first-order chi connectivity index (χ1) is 15.4. The molecule has 0 amide bonds. The van der Waals surface area contributed by atoms with Crippen LogP contribution in [0, 0.1) is 11.7 Å². The third kappa shape index (κ3) is 3.80. The summed E-state index contributed by atoms with van der Waals surface area (Å²) in [6.45, 7) is 6.24. The van der Waals surface area contributed by atoms with Crippen molar-refractivity contribution in [3.63, 3.8) is 0 Å². The number of fused-ring (bicyclic) bond motifs is 3. The normalized spacial score (nSPS) is 20.0. The molecule has 6 nitrogen and oxygen atoms in total. The Morgan fingerprint density at radius 3 is 2.53 bits per heavy atom. The molecule has 0 spiro atoms. The lowest BCUT2D eigenvalue weighted by Crippen LogP contribution is -2.49. The number of benzene rings is 1. The van der Waals surface area contributed by atoms with Crippen LogP contribution in [0.3, 0.4) is 0 Å². The van der Waals surface area contributed by atoms with Crippen molar-refractivity contribution in [2.45, 2.75) is 44.4 Å². The molecule has 170 valence electrons. The molecule has 32 heavy (non-hydrogen) atoms. The van der Waals surface area contributed by atoms with E-state index >= 15 is 0 Å². The van der Waals surface area contributed by atoms with E-state index in [1.807, 2.05) is 0 Å². The SMILES string of the molecule is CCc1nc(N2CCN(S(=O)(=O)c3ccc(F)cc3)CC2)c2c3c(sc2n1)C[C@@H](C)CC3. The van der Waals surface area contributed by atoms with Crippen molar-refractivity contribution in [3.05, 3.63) is 46.3 Å². The van der Waals surface area contributed by atoms with Crippen molar-refractivity contribution in [2.75, 3.05) is 31.1 Å². The van der Waals surface area contributed by atoms with Crippen molar-refractivity contribution in [2.24, 2.45) is 5.92 Å². The topological polar surface area (TPSA) is 66.4 Å². The maximum Gasteiger partial charge on any atom is 0.243 e. The molecular formula is C23H27FN4O2S2. The Hall–Kier alpha value is -2.10. The number of nitrogens with zero attached hydrogens (tertiary/aromatic N) is 4. The minimum atomic E-state index is -3.64. The molecule has 2 aliphatic rings. The lowest BCUT2D eigenvalue weighted by molar-refractivity contribution is 0.384. The second-order valence-corrected chi connectivity index (χ2v) is 11.7. The summed E-state index contributed by atoms with van der Waals surface area (Å²) in [5.74, 6) is 2.04. The Balaban J connectivity index is 1.44. The molecule has 2 aromatic heterocycles. The summed E-state index contributed by atoms with van der Waals surface area (Å²) in [5.41, 5.74) is 1.39. The van der Waals surface area contributed by atoms with Gasteiger partial charge in [-0.3, -0.25) is 0 Å². The third-order valence-corrected chi connectivity index (χ3v) is 9.55. The molecule has 9 heteroatoms. The van der Waals surface area contributed by atoms with E-state index in [1.165, 1.54) is 50.8 Å². The summed E-state index contributed by atoms with van der Waals surface area (Å²) in [7, 11) is -3.64. The van der Waals surface area contributed by atoms with Gasteiger partial charge in [0.15, 0.2) is 0 Å². The van der Waals surface area contributed by atoms with Crippen molar-refractivity contribution in [1.29, 1.82) is 0 Å². The molecule has 5 rings (SSSR count). The summed E-state index contributed by atoms with van der Waals surface area (Å²) < 4.78 is 40.7. The van der Waals surface area contributed by atoms with Gasteiger partial charge >= 0.3 is 0 Å². The molecule has 0 N–H and O–H groups in total. The Morgan fingerprint density at radius 2 is 1.84 bits per heavy atom. The number of hydrogen-bond donors (Lipinski definition) is 0. The van der Waals surface area contributed by atoms with Crippen LogP contribution >= 0.6 is 11.3 Å². The lowest BCUT2D eigenvalue weighted by Gasteiger charge is -2.35. The van der Waals surface area contributed by atoms with Crippen LogP contribution in [0.1, 0.15) is 36.5 Å². The van der Waals surface area contributed by atoms with Crippen molar-refractivity contribution in [1.82, 2.24) is 14.3 Å². The van der Waals surface area contributed by atoms with Gasteiger partial charge in [0.1, 0.15) is 22.3 Å². The molecule has 0 radical (unpaired) electrons. The Bertz CT molecular complexity index is 1250. The molecule has 3 heterocycles. The van der Waals surface area contributed by atoms with Crippen LogP contribution in [0.15, 0.2) is 29.2 Å². The summed E-state index contributed by atoms with van der Waals surface area (Å²) in [4.78, 5) is 14.6. The van der Waals surface area contributed by atoms with Gasteiger partial charge in [0.25, 0.3) is 0 Å². The van der Waals surface area contributed by atoms with Gasteiger partial charge in [-0.05, 0) is 55.0 Å². The first-order valence-electron chi connectivity index (χ1n) is 11.2. The Labute approximate surface area is 192 Å². The molecule has 1 aromatic carbocycles. The number of hydrogen-bond acceptors (Lipinski definition) is 6. The number of piperazine rings is 1. The highest BCUT2D eigenvalue weighted by molar-refractivity contribution is 7.89. The van der Waals surface area contributed by atoms with Crippen LogP contribution in [-0.2, 0) is 29.3 Å². The van der Waals surface area contributed by atoms with Gasteiger partial charge in [-0.15, -0.1) is 11.3 Å². The largest absolute Gasteiger partial charge is 0.353 e. The van der Waals surface area contributed by atoms with E-state index < -0.39 is 15.8 Å². The van der Waals surface area contributed by atoms with Gasteiger partial charge in [-0.25, -0.2) is 22.8 Å². The molecule has 1 aliphatic heterocycles. The number of halogens is 1. The van der Waals surface area contributed by atoms with E-state index in [2.05, 4.69) is 18.7 Å². The minimum Gasteiger partial charge on any atom is -0.353 e. The fraction of sp³-hybridized carbons (Fsp3) is 0.478. The van der Waals surface area contributed by atoms with Crippen LogP contribution in [-0.4, -0.2) is 48.9 Å². The van der Waals surface area contributed by atoms with E-state index in [-0.39, 0.29) is 4.90 Å². The average Bonchev–Trinajstić information content (AvgIpc) is 3.16. The van der Waals surface area contributed by atoms with Gasteiger partial charge in [0.05, 0.1) is 10.3 Å². The lowest BCUT2D eigenvalue weighted by atomic mass is 9.89. The van der Waals surface area contributed by atoms with Crippen molar-refractivity contribution in [3.8, 4) is 0 Å². The van der Waals surface area contributed by atoms with Crippen LogP contribution in [0.5, 0.6) is 0 Å². The number of rotatable bonds is 4. The molecule has 3 aromatic rings. The molecule has 1 saturated heterocycles. The predicted octanol–water partition coefficient (Wildman–Crippen LogP) is 4.03. The molecule has 0 saturated carbocycles. The standard InChI is InChI=1S/C23H27FN4O2S2/c1-3-20-25-22(21-18-9-4-15(2)14-19(18)31-23(21)26-20)27-10-12-28(13-11-27)32(29,30)17-7-5-16(24)6-8-17/h5-8,15H,3-4,9-14H2,1-2H3/t15-/m0/s1. The molecule has 1 atom stereocenters. The second-order valence-electron chi connectivity index (χ2n) is 8.69. The first kappa shape index (κ1) is 21.7. The maximum atomic E-state index is 13.2. The fourth-order valence-corrected chi connectivity index (χ4v) is 7.47. The number of thiophene rings is 1. The number of sulfonamides is 1. The van der Waals surface area contributed by atoms with E-state index in [1.54, 1.807) is 11.3 Å². The smallest absolute Gasteiger partial charge is 0.243 e. The summed E-state index contributed by atoms with van der Waals surface area (Å²) in [6.07, 6.45) is 4.09. The number of anilines is 1. The van der Waals surface area contributed by atoms with Crippen LogP contribution in [0.25, 0.3) is 10.2 Å². The maximum absolute atomic E-state index is 13.2. The molecule has 1 aliphatic carbocycles. The Morgan fingerprint density at radius 1 is 1.12 bits per heavy atom. The van der Waals surface area contributed by atoms with Gasteiger partial charge < -0.3 is 4.90 Å². The van der Waals surface area contributed by atoms with Crippen LogP contribution in [0.4, 0.5) is 10.2 Å². The highest BCUT2D eigenvalue weighted by Crippen LogP contribution is 2.41. The van der Waals surface area contributed by atoms with Gasteiger partial charge in [-0.2, -0.15) is 4.31 Å². The quantitative estimate of drug-likeness (QED) is 0.571. The van der Waals surface area contributed by atoms with Gasteiger partial charge in [0.2, 0.25) is 10.0 Å².